The van der Waals surface area contributed by atoms with Crippen LogP contribution in [0.5, 0.6) is 0 Å². The van der Waals surface area contributed by atoms with Crippen LogP contribution in [0.2, 0.25) is 0 Å². The van der Waals surface area contributed by atoms with E-state index in [4.69, 9.17) is 4.52 Å². The summed E-state index contributed by atoms with van der Waals surface area (Å²) >= 11 is 1.49. The molecule has 0 fully saturated rings. The van der Waals surface area contributed by atoms with E-state index < -0.39 is 0 Å². The molecule has 2 amide bonds. The molecule has 0 aliphatic rings. The predicted octanol–water partition coefficient (Wildman–Crippen LogP) is 2.11. The van der Waals surface area contributed by atoms with Crippen molar-refractivity contribution in [1.82, 2.24) is 15.5 Å². The Balaban J connectivity index is 1.88. The summed E-state index contributed by atoms with van der Waals surface area (Å²) in [7, 11) is 1.81. The standard InChI is InChI=1S/C11H15N5O2S/c1-6-9(7(2)18-16-6)15-10(17)13-4-8-5-19-11(12-3)14-8/h5H,4H2,1-3H3,(H,12,14)(H2,13,15,17). The molecule has 102 valence electrons. The van der Waals surface area contributed by atoms with E-state index in [0.717, 1.165) is 10.8 Å². The quantitative estimate of drug-likeness (QED) is 0.798. The molecule has 0 unspecified atom stereocenters. The first-order chi connectivity index (χ1) is 9.10. The Morgan fingerprint density at radius 3 is 2.84 bits per heavy atom. The third-order valence-corrected chi connectivity index (χ3v) is 3.38. The van der Waals surface area contributed by atoms with Gasteiger partial charge in [0.05, 0.1) is 12.2 Å². The lowest BCUT2D eigenvalue weighted by Gasteiger charge is -2.05. The topological polar surface area (TPSA) is 92.1 Å². The average Bonchev–Trinajstić information content (AvgIpc) is 2.98. The van der Waals surface area contributed by atoms with Crippen molar-refractivity contribution >= 4 is 28.2 Å². The Morgan fingerprint density at radius 1 is 1.47 bits per heavy atom. The fourth-order valence-electron chi connectivity index (χ4n) is 1.49. The number of carbonyl (C=O) groups excluding carboxylic acids is 1. The number of aromatic nitrogens is 2. The zero-order chi connectivity index (χ0) is 13.8. The Hall–Kier alpha value is -2.09. The first kappa shape index (κ1) is 13.3. The summed E-state index contributed by atoms with van der Waals surface area (Å²) in [6.45, 7) is 3.88. The van der Waals surface area contributed by atoms with E-state index in [1.165, 1.54) is 11.3 Å². The fourth-order valence-corrected chi connectivity index (χ4v) is 2.16. The smallest absolute Gasteiger partial charge is 0.319 e. The highest BCUT2D eigenvalue weighted by Gasteiger charge is 2.12. The fraction of sp³-hybridized carbons (Fsp3) is 0.364. The first-order valence-corrected chi connectivity index (χ1v) is 6.58. The molecule has 3 N–H and O–H groups in total. The number of urea groups is 1. The number of rotatable bonds is 4. The largest absolute Gasteiger partial charge is 0.365 e. The zero-order valence-corrected chi connectivity index (χ0v) is 11.7. The third-order valence-electron chi connectivity index (χ3n) is 2.47. The van der Waals surface area contributed by atoms with Crippen LogP contribution in [0.1, 0.15) is 17.1 Å². The Morgan fingerprint density at radius 2 is 2.26 bits per heavy atom. The number of amides is 2. The average molecular weight is 281 g/mol. The Bertz CT molecular complexity index is 558. The van der Waals surface area contributed by atoms with E-state index in [2.05, 4.69) is 26.1 Å². The molecular formula is C11H15N5O2S. The molecule has 0 spiro atoms. The molecule has 2 aromatic rings. The molecule has 0 radical (unpaired) electrons. The Kier molecular flexibility index (Phi) is 4.00. The summed E-state index contributed by atoms with van der Waals surface area (Å²) in [5.74, 6) is 0.582. The maximum Gasteiger partial charge on any atom is 0.319 e. The lowest BCUT2D eigenvalue weighted by Crippen LogP contribution is -2.28. The maximum absolute atomic E-state index is 11.7. The van der Waals surface area contributed by atoms with Crippen molar-refractivity contribution in [3.8, 4) is 0 Å². The van der Waals surface area contributed by atoms with Crippen LogP contribution in [0.15, 0.2) is 9.90 Å². The number of nitrogens with one attached hydrogen (secondary N) is 3. The number of anilines is 2. The number of hydrogen-bond acceptors (Lipinski definition) is 6. The van der Waals surface area contributed by atoms with Crippen LogP contribution in [0.4, 0.5) is 15.6 Å². The third kappa shape index (κ3) is 3.22. The minimum Gasteiger partial charge on any atom is -0.365 e. The molecule has 19 heavy (non-hydrogen) atoms. The van der Waals surface area contributed by atoms with Gasteiger partial charge >= 0.3 is 6.03 Å². The molecule has 0 bridgehead atoms. The van der Waals surface area contributed by atoms with Crippen molar-refractivity contribution in [2.24, 2.45) is 0 Å². The molecule has 8 heteroatoms. The Labute approximate surface area is 114 Å². The minimum absolute atomic E-state index is 0.312. The second-order valence-electron chi connectivity index (χ2n) is 3.90. The van der Waals surface area contributed by atoms with E-state index in [1.54, 1.807) is 20.9 Å². The van der Waals surface area contributed by atoms with Gasteiger partial charge in [0.15, 0.2) is 10.9 Å². The summed E-state index contributed by atoms with van der Waals surface area (Å²) in [6, 6.07) is -0.312. The lowest BCUT2D eigenvalue weighted by atomic mass is 10.3. The van der Waals surface area contributed by atoms with Crippen molar-refractivity contribution in [2.45, 2.75) is 20.4 Å². The van der Waals surface area contributed by atoms with Crippen molar-refractivity contribution in [3.63, 3.8) is 0 Å². The first-order valence-electron chi connectivity index (χ1n) is 5.70. The number of nitrogens with zero attached hydrogens (tertiary/aromatic N) is 2. The normalized spacial score (nSPS) is 10.3. The van der Waals surface area contributed by atoms with Crippen molar-refractivity contribution in [2.75, 3.05) is 17.7 Å². The van der Waals surface area contributed by atoms with Gasteiger partial charge in [0.25, 0.3) is 0 Å². The second-order valence-corrected chi connectivity index (χ2v) is 4.76. The van der Waals surface area contributed by atoms with Crippen LogP contribution in [0, 0.1) is 13.8 Å². The summed E-state index contributed by atoms with van der Waals surface area (Å²) in [5, 5.41) is 14.9. The van der Waals surface area contributed by atoms with Gasteiger partial charge in [-0.2, -0.15) is 0 Å². The van der Waals surface area contributed by atoms with Crippen LogP contribution >= 0.6 is 11.3 Å². The van der Waals surface area contributed by atoms with Crippen LogP contribution in [-0.2, 0) is 6.54 Å². The number of carbonyl (C=O) groups is 1. The highest BCUT2D eigenvalue weighted by atomic mass is 32.1. The summed E-state index contributed by atoms with van der Waals surface area (Å²) < 4.78 is 4.97. The molecule has 7 nitrogen and oxygen atoms in total. The zero-order valence-electron chi connectivity index (χ0n) is 10.9. The molecule has 2 rings (SSSR count). The van der Waals surface area contributed by atoms with Gasteiger partial charge < -0.3 is 20.5 Å². The van der Waals surface area contributed by atoms with Gasteiger partial charge in [-0.15, -0.1) is 11.3 Å². The predicted molar refractivity (Wildman–Crippen MR) is 73.5 cm³/mol. The van der Waals surface area contributed by atoms with Gasteiger partial charge in [-0.3, -0.25) is 0 Å². The van der Waals surface area contributed by atoms with Crippen molar-refractivity contribution in [1.29, 1.82) is 0 Å². The summed E-state index contributed by atoms with van der Waals surface area (Å²) in [6.07, 6.45) is 0. The van der Waals surface area contributed by atoms with Gasteiger partial charge in [-0.1, -0.05) is 5.16 Å². The molecule has 0 saturated heterocycles. The van der Waals surface area contributed by atoms with Crippen LogP contribution in [-0.4, -0.2) is 23.2 Å². The minimum atomic E-state index is -0.312. The molecule has 0 aliphatic heterocycles. The highest BCUT2D eigenvalue weighted by molar-refractivity contribution is 7.13. The summed E-state index contributed by atoms with van der Waals surface area (Å²) in [5.41, 5.74) is 2.06. The lowest BCUT2D eigenvalue weighted by molar-refractivity contribution is 0.251. The monoisotopic (exact) mass is 281 g/mol. The van der Waals surface area contributed by atoms with E-state index in [1.807, 2.05) is 5.38 Å². The molecule has 0 saturated carbocycles. The van der Waals surface area contributed by atoms with Crippen LogP contribution in [0.3, 0.4) is 0 Å². The molecule has 0 aliphatic carbocycles. The SMILES string of the molecule is CNc1nc(CNC(=O)Nc2c(C)noc2C)cs1. The van der Waals surface area contributed by atoms with Gasteiger partial charge in [0.2, 0.25) is 0 Å². The van der Waals surface area contributed by atoms with Gasteiger partial charge in [-0.05, 0) is 13.8 Å². The van der Waals surface area contributed by atoms with Gasteiger partial charge in [0, 0.05) is 12.4 Å². The molecule has 2 heterocycles. The molecular weight excluding hydrogens is 266 g/mol. The number of aryl methyl sites for hydroxylation is 2. The van der Waals surface area contributed by atoms with E-state index in [9.17, 15) is 4.79 Å². The molecule has 0 aromatic carbocycles. The van der Waals surface area contributed by atoms with Gasteiger partial charge in [0.1, 0.15) is 11.4 Å². The van der Waals surface area contributed by atoms with Gasteiger partial charge in [-0.25, -0.2) is 9.78 Å². The van der Waals surface area contributed by atoms with Crippen LogP contribution in [0.25, 0.3) is 0 Å². The maximum atomic E-state index is 11.7. The highest BCUT2D eigenvalue weighted by Crippen LogP contribution is 2.18. The van der Waals surface area contributed by atoms with E-state index >= 15 is 0 Å². The van der Waals surface area contributed by atoms with Crippen molar-refractivity contribution < 1.29 is 9.32 Å². The second kappa shape index (κ2) is 5.70. The number of hydrogen-bond donors (Lipinski definition) is 3. The van der Waals surface area contributed by atoms with E-state index in [-0.39, 0.29) is 6.03 Å². The van der Waals surface area contributed by atoms with Crippen molar-refractivity contribution in [3.05, 3.63) is 22.5 Å². The van der Waals surface area contributed by atoms with Crippen LogP contribution < -0.4 is 16.0 Å². The summed E-state index contributed by atoms with van der Waals surface area (Å²) in [4.78, 5) is 16.0. The molecule has 0 atom stereocenters. The number of thiazole rings is 1. The van der Waals surface area contributed by atoms with E-state index in [0.29, 0.717) is 23.7 Å². The molecule has 2 aromatic heterocycles.